The molecule has 0 radical (unpaired) electrons. The second-order valence-electron chi connectivity index (χ2n) is 4.85. The SMILES string of the molecule is COCCn1ccc(CNC(C)(C)C)c1. The number of hydrogen-bond donors (Lipinski definition) is 1. The number of rotatable bonds is 5. The topological polar surface area (TPSA) is 26.2 Å². The molecular formula is C12H22N2O. The summed E-state index contributed by atoms with van der Waals surface area (Å²) in [6.45, 7) is 9.13. The van der Waals surface area contributed by atoms with Gasteiger partial charge in [0.25, 0.3) is 0 Å². The van der Waals surface area contributed by atoms with Crippen LogP contribution in [0.4, 0.5) is 0 Å². The van der Waals surface area contributed by atoms with Crippen molar-refractivity contribution in [3.63, 3.8) is 0 Å². The van der Waals surface area contributed by atoms with E-state index in [9.17, 15) is 0 Å². The van der Waals surface area contributed by atoms with Crippen molar-refractivity contribution >= 4 is 0 Å². The van der Waals surface area contributed by atoms with Gasteiger partial charge in [-0.3, -0.25) is 0 Å². The molecule has 15 heavy (non-hydrogen) atoms. The summed E-state index contributed by atoms with van der Waals surface area (Å²) in [5.41, 5.74) is 1.50. The molecular weight excluding hydrogens is 188 g/mol. The lowest BCUT2D eigenvalue weighted by molar-refractivity contribution is 0.187. The smallest absolute Gasteiger partial charge is 0.0641 e. The highest BCUT2D eigenvalue weighted by Gasteiger charge is 2.08. The Balaban J connectivity index is 2.39. The molecule has 0 aliphatic heterocycles. The van der Waals surface area contributed by atoms with Crippen molar-refractivity contribution < 1.29 is 4.74 Å². The summed E-state index contributed by atoms with van der Waals surface area (Å²) >= 11 is 0. The molecule has 0 saturated heterocycles. The molecule has 1 aromatic rings. The Morgan fingerprint density at radius 3 is 2.73 bits per heavy atom. The number of nitrogens with zero attached hydrogens (tertiary/aromatic N) is 1. The van der Waals surface area contributed by atoms with Crippen molar-refractivity contribution in [2.75, 3.05) is 13.7 Å². The molecule has 0 atom stereocenters. The number of nitrogens with one attached hydrogen (secondary N) is 1. The summed E-state index contributed by atoms with van der Waals surface area (Å²) in [7, 11) is 1.73. The summed E-state index contributed by atoms with van der Waals surface area (Å²) in [5.74, 6) is 0. The van der Waals surface area contributed by atoms with Gasteiger partial charge in [-0.2, -0.15) is 0 Å². The van der Waals surface area contributed by atoms with Gasteiger partial charge in [0.15, 0.2) is 0 Å². The van der Waals surface area contributed by atoms with Crippen LogP contribution in [0.15, 0.2) is 18.5 Å². The number of ether oxygens (including phenoxy) is 1. The molecule has 1 heterocycles. The molecule has 1 N–H and O–H groups in total. The first-order chi connectivity index (χ1) is 7.01. The van der Waals surface area contributed by atoms with Crippen LogP contribution in [0.25, 0.3) is 0 Å². The highest BCUT2D eigenvalue weighted by Crippen LogP contribution is 2.05. The van der Waals surface area contributed by atoms with E-state index in [1.165, 1.54) is 5.56 Å². The Morgan fingerprint density at radius 2 is 2.13 bits per heavy atom. The highest BCUT2D eigenvalue weighted by molar-refractivity contribution is 5.10. The predicted molar refractivity (Wildman–Crippen MR) is 62.9 cm³/mol. The van der Waals surface area contributed by atoms with Crippen molar-refractivity contribution in [2.45, 2.75) is 39.4 Å². The fraction of sp³-hybridized carbons (Fsp3) is 0.667. The Kier molecular flexibility index (Phi) is 4.36. The monoisotopic (exact) mass is 210 g/mol. The molecule has 86 valence electrons. The van der Waals surface area contributed by atoms with Crippen molar-refractivity contribution in [2.24, 2.45) is 0 Å². The third kappa shape index (κ3) is 5.00. The Bertz CT molecular complexity index is 286. The average molecular weight is 210 g/mol. The van der Waals surface area contributed by atoms with Crippen molar-refractivity contribution in [3.05, 3.63) is 24.0 Å². The maximum atomic E-state index is 5.03. The first-order valence-corrected chi connectivity index (χ1v) is 5.40. The van der Waals surface area contributed by atoms with E-state index in [0.29, 0.717) is 0 Å². The summed E-state index contributed by atoms with van der Waals surface area (Å²) in [4.78, 5) is 0. The normalized spacial score (nSPS) is 12.0. The molecule has 0 aliphatic carbocycles. The first-order valence-electron chi connectivity index (χ1n) is 5.40. The van der Waals surface area contributed by atoms with E-state index in [4.69, 9.17) is 4.74 Å². The molecule has 0 fully saturated rings. The van der Waals surface area contributed by atoms with E-state index in [-0.39, 0.29) is 5.54 Å². The number of methoxy groups -OCH3 is 1. The largest absolute Gasteiger partial charge is 0.383 e. The van der Waals surface area contributed by atoms with Crippen LogP contribution in [0.3, 0.4) is 0 Å². The second-order valence-corrected chi connectivity index (χ2v) is 4.85. The molecule has 1 aromatic heterocycles. The van der Waals surface area contributed by atoms with Gasteiger partial charge in [0.1, 0.15) is 0 Å². The summed E-state index contributed by atoms with van der Waals surface area (Å²) in [6, 6.07) is 2.15. The zero-order valence-corrected chi connectivity index (χ0v) is 10.2. The van der Waals surface area contributed by atoms with Gasteiger partial charge in [-0.15, -0.1) is 0 Å². The fourth-order valence-corrected chi connectivity index (χ4v) is 1.30. The van der Waals surface area contributed by atoms with Crippen LogP contribution in [0.2, 0.25) is 0 Å². The van der Waals surface area contributed by atoms with Gasteiger partial charge in [0.05, 0.1) is 6.61 Å². The third-order valence-corrected chi connectivity index (χ3v) is 2.19. The molecule has 0 unspecified atom stereocenters. The first kappa shape index (κ1) is 12.3. The van der Waals surface area contributed by atoms with E-state index in [0.717, 1.165) is 19.7 Å². The van der Waals surface area contributed by atoms with E-state index in [1.54, 1.807) is 7.11 Å². The highest BCUT2D eigenvalue weighted by atomic mass is 16.5. The van der Waals surface area contributed by atoms with Gasteiger partial charge in [0, 0.05) is 38.1 Å². The standard InChI is InChI=1S/C12H22N2O/c1-12(2,3)13-9-11-5-6-14(10-11)7-8-15-4/h5-6,10,13H,7-9H2,1-4H3. The lowest BCUT2D eigenvalue weighted by Gasteiger charge is -2.19. The molecule has 0 saturated carbocycles. The van der Waals surface area contributed by atoms with E-state index < -0.39 is 0 Å². The van der Waals surface area contributed by atoms with Crippen LogP contribution in [0, 0.1) is 0 Å². The lowest BCUT2D eigenvalue weighted by atomic mass is 10.1. The second kappa shape index (κ2) is 5.33. The van der Waals surface area contributed by atoms with Gasteiger partial charge in [-0.05, 0) is 32.4 Å². The Hall–Kier alpha value is -0.800. The molecule has 3 heteroatoms. The van der Waals surface area contributed by atoms with Crippen LogP contribution in [0.5, 0.6) is 0 Å². The molecule has 3 nitrogen and oxygen atoms in total. The Labute approximate surface area is 92.4 Å². The third-order valence-electron chi connectivity index (χ3n) is 2.19. The molecule has 1 rings (SSSR count). The van der Waals surface area contributed by atoms with Gasteiger partial charge >= 0.3 is 0 Å². The molecule has 0 aliphatic rings. The summed E-state index contributed by atoms with van der Waals surface area (Å²) < 4.78 is 7.19. The minimum absolute atomic E-state index is 0.175. The zero-order chi connectivity index (χ0) is 11.3. The minimum Gasteiger partial charge on any atom is -0.383 e. The van der Waals surface area contributed by atoms with E-state index in [2.05, 4.69) is 49.1 Å². The van der Waals surface area contributed by atoms with Gasteiger partial charge in [-0.1, -0.05) is 0 Å². The van der Waals surface area contributed by atoms with Gasteiger partial charge in [0.2, 0.25) is 0 Å². The van der Waals surface area contributed by atoms with E-state index in [1.807, 2.05) is 0 Å². The van der Waals surface area contributed by atoms with Crippen molar-refractivity contribution in [3.8, 4) is 0 Å². The number of aromatic nitrogens is 1. The molecule has 0 amide bonds. The van der Waals surface area contributed by atoms with Gasteiger partial charge < -0.3 is 14.6 Å². The van der Waals surface area contributed by atoms with Crippen LogP contribution >= 0.6 is 0 Å². The van der Waals surface area contributed by atoms with Gasteiger partial charge in [-0.25, -0.2) is 0 Å². The lowest BCUT2D eigenvalue weighted by Crippen LogP contribution is -2.34. The predicted octanol–water partition coefficient (Wildman–Crippen LogP) is 2.02. The average Bonchev–Trinajstić information content (AvgIpc) is 2.58. The van der Waals surface area contributed by atoms with Crippen LogP contribution in [-0.4, -0.2) is 23.8 Å². The van der Waals surface area contributed by atoms with Crippen LogP contribution < -0.4 is 5.32 Å². The Morgan fingerprint density at radius 1 is 1.40 bits per heavy atom. The van der Waals surface area contributed by atoms with Crippen LogP contribution in [0.1, 0.15) is 26.3 Å². The minimum atomic E-state index is 0.175. The van der Waals surface area contributed by atoms with Crippen molar-refractivity contribution in [1.82, 2.24) is 9.88 Å². The van der Waals surface area contributed by atoms with Crippen molar-refractivity contribution in [1.29, 1.82) is 0 Å². The number of hydrogen-bond acceptors (Lipinski definition) is 2. The molecule has 0 aromatic carbocycles. The quantitative estimate of drug-likeness (QED) is 0.804. The summed E-state index contributed by atoms with van der Waals surface area (Å²) in [5, 5.41) is 3.46. The van der Waals surface area contributed by atoms with Crippen LogP contribution in [-0.2, 0) is 17.8 Å². The molecule has 0 bridgehead atoms. The maximum Gasteiger partial charge on any atom is 0.0641 e. The van der Waals surface area contributed by atoms with E-state index >= 15 is 0 Å². The maximum absolute atomic E-state index is 5.03. The zero-order valence-electron chi connectivity index (χ0n) is 10.2. The fourth-order valence-electron chi connectivity index (χ4n) is 1.30. The molecule has 0 spiro atoms. The summed E-state index contributed by atoms with van der Waals surface area (Å²) in [6.07, 6.45) is 4.26.